The number of hydrogen-bond donors (Lipinski definition) is 1. The molecule has 1 saturated heterocycles. The van der Waals surface area contributed by atoms with Crippen LogP contribution in [-0.2, 0) is 13.0 Å². The third-order valence-electron chi connectivity index (χ3n) is 4.09. The van der Waals surface area contributed by atoms with Crippen LogP contribution in [0.2, 0.25) is 0 Å². The quantitative estimate of drug-likeness (QED) is 0.778. The average Bonchev–Trinajstić information content (AvgIpc) is 2.72. The highest BCUT2D eigenvalue weighted by atomic mass is 15.3. The van der Waals surface area contributed by atoms with Crippen LogP contribution in [0.1, 0.15) is 43.4 Å². The number of fused-ring (bicyclic) bond motifs is 1. The number of piperidine rings is 1. The third kappa shape index (κ3) is 1.98. The molecule has 2 aliphatic rings. The summed E-state index contributed by atoms with van der Waals surface area (Å²) in [5.74, 6) is 2.24. The first-order valence-corrected chi connectivity index (χ1v) is 6.63. The minimum Gasteiger partial charge on any atom is -0.327 e. The molecule has 5 nitrogen and oxygen atoms in total. The molecule has 1 fully saturated rings. The Morgan fingerprint density at radius 1 is 1.18 bits per heavy atom. The standard InChI is InChI=1S/C12H21N5/c1-16-6-3-2-4-10(16)12-15-14-11-8-9(13)5-7-17(11)12/h9-10H,2-8,13H2,1H3. The highest BCUT2D eigenvalue weighted by Gasteiger charge is 2.29. The van der Waals surface area contributed by atoms with E-state index in [0.29, 0.717) is 6.04 Å². The Morgan fingerprint density at radius 3 is 2.88 bits per heavy atom. The van der Waals surface area contributed by atoms with Crippen molar-refractivity contribution in [3.8, 4) is 0 Å². The predicted molar refractivity (Wildman–Crippen MR) is 65.5 cm³/mol. The molecule has 2 aliphatic heterocycles. The van der Waals surface area contributed by atoms with Crippen LogP contribution in [-0.4, -0.2) is 39.3 Å². The Morgan fingerprint density at radius 2 is 2.06 bits per heavy atom. The van der Waals surface area contributed by atoms with Crippen molar-refractivity contribution in [2.75, 3.05) is 13.6 Å². The van der Waals surface area contributed by atoms with Gasteiger partial charge in [0.15, 0.2) is 0 Å². The lowest BCUT2D eigenvalue weighted by Gasteiger charge is -2.32. The summed E-state index contributed by atoms with van der Waals surface area (Å²) < 4.78 is 2.30. The van der Waals surface area contributed by atoms with E-state index >= 15 is 0 Å². The molecule has 3 heterocycles. The van der Waals surface area contributed by atoms with Gasteiger partial charge in [-0.1, -0.05) is 6.42 Å². The maximum atomic E-state index is 5.97. The number of hydrogen-bond acceptors (Lipinski definition) is 4. The molecule has 2 N–H and O–H groups in total. The van der Waals surface area contributed by atoms with E-state index in [1.54, 1.807) is 0 Å². The molecular formula is C12H21N5. The van der Waals surface area contributed by atoms with Crippen LogP contribution in [0.3, 0.4) is 0 Å². The average molecular weight is 235 g/mol. The van der Waals surface area contributed by atoms with Gasteiger partial charge in [0.2, 0.25) is 0 Å². The predicted octanol–water partition coefficient (Wildman–Crippen LogP) is 0.708. The lowest BCUT2D eigenvalue weighted by Crippen LogP contribution is -2.35. The van der Waals surface area contributed by atoms with Crippen molar-refractivity contribution in [3.63, 3.8) is 0 Å². The lowest BCUT2D eigenvalue weighted by molar-refractivity contribution is 0.173. The van der Waals surface area contributed by atoms with Crippen molar-refractivity contribution >= 4 is 0 Å². The fourth-order valence-corrected chi connectivity index (χ4v) is 3.02. The molecular weight excluding hydrogens is 214 g/mol. The van der Waals surface area contributed by atoms with Gasteiger partial charge < -0.3 is 10.3 Å². The van der Waals surface area contributed by atoms with Gasteiger partial charge in [-0.2, -0.15) is 0 Å². The SMILES string of the molecule is CN1CCCCC1c1nnc2n1CCC(N)C2. The van der Waals surface area contributed by atoms with Crippen molar-refractivity contribution < 1.29 is 0 Å². The Balaban J connectivity index is 1.88. The molecule has 1 aromatic rings. The van der Waals surface area contributed by atoms with E-state index in [0.717, 1.165) is 31.0 Å². The normalized spacial score (nSPS) is 30.2. The van der Waals surface area contributed by atoms with E-state index in [1.165, 1.54) is 25.8 Å². The first kappa shape index (κ1) is 11.2. The van der Waals surface area contributed by atoms with Crippen molar-refractivity contribution in [1.82, 2.24) is 19.7 Å². The summed E-state index contributed by atoms with van der Waals surface area (Å²) in [6.45, 7) is 2.16. The van der Waals surface area contributed by atoms with Crippen LogP contribution in [0.25, 0.3) is 0 Å². The lowest BCUT2D eigenvalue weighted by atomic mass is 10.0. The van der Waals surface area contributed by atoms with E-state index < -0.39 is 0 Å². The van der Waals surface area contributed by atoms with Crippen molar-refractivity contribution in [2.24, 2.45) is 5.73 Å². The number of likely N-dealkylation sites (tertiary alicyclic amines) is 1. The molecule has 0 radical (unpaired) electrons. The van der Waals surface area contributed by atoms with Crippen LogP contribution in [0, 0.1) is 0 Å². The van der Waals surface area contributed by atoms with Gasteiger partial charge in [-0.25, -0.2) is 0 Å². The molecule has 3 rings (SSSR count). The second-order valence-corrected chi connectivity index (χ2v) is 5.37. The summed E-state index contributed by atoms with van der Waals surface area (Å²) in [6.07, 6.45) is 5.74. The number of rotatable bonds is 1. The van der Waals surface area contributed by atoms with Crippen molar-refractivity contribution in [1.29, 1.82) is 0 Å². The first-order valence-electron chi connectivity index (χ1n) is 6.63. The number of aromatic nitrogens is 3. The second-order valence-electron chi connectivity index (χ2n) is 5.37. The van der Waals surface area contributed by atoms with Crippen molar-refractivity contribution in [3.05, 3.63) is 11.6 Å². The number of nitrogens with two attached hydrogens (primary N) is 1. The maximum Gasteiger partial charge on any atom is 0.150 e. The van der Waals surface area contributed by atoms with E-state index in [9.17, 15) is 0 Å². The Hall–Kier alpha value is -0.940. The fraction of sp³-hybridized carbons (Fsp3) is 0.833. The Kier molecular flexibility index (Phi) is 2.88. The van der Waals surface area contributed by atoms with Gasteiger partial charge in [-0.3, -0.25) is 4.90 Å². The molecule has 2 unspecified atom stereocenters. The van der Waals surface area contributed by atoms with E-state index in [2.05, 4.69) is 26.7 Å². The summed E-state index contributed by atoms with van der Waals surface area (Å²) in [5.41, 5.74) is 5.97. The molecule has 0 saturated carbocycles. The van der Waals surface area contributed by atoms with Crippen LogP contribution < -0.4 is 5.73 Å². The highest BCUT2D eigenvalue weighted by molar-refractivity contribution is 5.06. The minimum absolute atomic E-state index is 0.267. The summed E-state index contributed by atoms with van der Waals surface area (Å²) in [4.78, 5) is 2.41. The molecule has 0 aliphatic carbocycles. The summed E-state index contributed by atoms with van der Waals surface area (Å²) in [7, 11) is 2.19. The Bertz CT molecular complexity index is 400. The van der Waals surface area contributed by atoms with E-state index in [1.807, 2.05) is 0 Å². The van der Waals surface area contributed by atoms with Gasteiger partial charge in [-0.15, -0.1) is 10.2 Å². The van der Waals surface area contributed by atoms with Crippen LogP contribution in [0.15, 0.2) is 0 Å². The molecule has 5 heteroatoms. The monoisotopic (exact) mass is 235 g/mol. The summed E-state index contributed by atoms with van der Waals surface area (Å²) in [6, 6.07) is 0.725. The number of nitrogens with zero attached hydrogens (tertiary/aromatic N) is 4. The largest absolute Gasteiger partial charge is 0.327 e. The first-order chi connectivity index (χ1) is 8.25. The summed E-state index contributed by atoms with van der Waals surface area (Å²) in [5, 5.41) is 8.75. The van der Waals surface area contributed by atoms with Crippen molar-refractivity contribution in [2.45, 2.75) is 50.7 Å². The molecule has 0 bridgehead atoms. The molecule has 0 spiro atoms. The molecule has 1 aromatic heterocycles. The fourth-order valence-electron chi connectivity index (χ4n) is 3.02. The molecule has 2 atom stereocenters. The van der Waals surface area contributed by atoms with Gasteiger partial charge in [0, 0.05) is 19.0 Å². The smallest absolute Gasteiger partial charge is 0.150 e. The van der Waals surface area contributed by atoms with Crippen LogP contribution >= 0.6 is 0 Å². The molecule has 94 valence electrons. The van der Waals surface area contributed by atoms with Gasteiger partial charge in [0.25, 0.3) is 0 Å². The summed E-state index contributed by atoms with van der Waals surface area (Å²) >= 11 is 0. The highest BCUT2D eigenvalue weighted by Crippen LogP contribution is 2.29. The zero-order chi connectivity index (χ0) is 11.8. The molecule has 0 amide bonds. The van der Waals surface area contributed by atoms with Crippen LogP contribution in [0.4, 0.5) is 0 Å². The third-order valence-corrected chi connectivity index (χ3v) is 4.09. The molecule has 17 heavy (non-hydrogen) atoms. The maximum absolute atomic E-state index is 5.97. The van der Waals surface area contributed by atoms with Crippen LogP contribution in [0.5, 0.6) is 0 Å². The topological polar surface area (TPSA) is 60.0 Å². The zero-order valence-electron chi connectivity index (χ0n) is 10.5. The molecule has 0 aromatic carbocycles. The van der Waals surface area contributed by atoms with Gasteiger partial charge in [0.1, 0.15) is 11.6 Å². The van der Waals surface area contributed by atoms with E-state index in [-0.39, 0.29) is 6.04 Å². The van der Waals surface area contributed by atoms with Gasteiger partial charge in [0.05, 0.1) is 6.04 Å². The minimum atomic E-state index is 0.267. The second kappa shape index (κ2) is 4.38. The zero-order valence-corrected chi connectivity index (χ0v) is 10.5. The van der Waals surface area contributed by atoms with E-state index in [4.69, 9.17) is 5.73 Å². The Labute approximate surface area is 102 Å². The van der Waals surface area contributed by atoms with Gasteiger partial charge in [-0.05, 0) is 32.9 Å². The van der Waals surface area contributed by atoms with Gasteiger partial charge >= 0.3 is 0 Å².